The lowest BCUT2D eigenvalue weighted by Crippen LogP contribution is -2.34. The molecule has 210 valence electrons. The fraction of sp³-hybridized carbons (Fsp3) is 0.419. The number of hydrogen-bond acceptors (Lipinski definition) is 7. The molecule has 0 spiro atoms. The summed E-state index contributed by atoms with van der Waals surface area (Å²) in [5, 5.41) is 15.0. The molecule has 5 rings (SSSR count). The van der Waals surface area contributed by atoms with E-state index in [-0.39, 0.29) is 5.91 Å². The van der Waals surface area contributed by atoms with Gasteiger partial charge in [0.1, 0.15) is 23.7 Å². The van der Waals surface area contributed by atoms with Crippen molar-refractivity contribution >= 4 is 12.0 Å². The predicted octanol–water partition coefficient (Wildman–Crippen LogP) is 4.51. The van der Waals surface area contributed by atoms with E-state index < -0.39 is 11.7 Å². The van der Waals surface area contributed by atoms with Crippen molar-refractivity contribution in [3.8, 4) is 28.3 Å². The molecule has 0 radical (unpaired) electrons. The summed E-state index contributed by atoms with van der Waals surface area (Å²) >= 11 is 0. The molecule has 0 fully saturated rings. The normalized spacial score (nSPS) is 14.2. The van der Waals surface area contributed by atoms with Crippen LogP contribution >= 0.6 is 0 Å². The van der Waals surface area contributed by atoms with Crippen LogP contribution in [0.15, 0.2) is 42.5 Å². The molecule has 2 heterocycles. The number of carbonyl (C=O) groups excluding carboxylic acids is 2. The highest BCUT2D eigenvalue weighted by Crippen LogP contribution is 2.39. The molecular weight excluding hydrogens is 508 g/mol. The second-order valence-electron chi connectivity index (χ2n) is 11.0. The number of rotatable bonds is 9. The number of hydrogen-bond donors (Lipinski definition) is 2. The third-order valence-corrected chi connectivity index (χ3v) is 6.88. The molecule has 0 atom stereocenters. The van der Waals surface area contributed by atoms with Crippen LogP contribution < -0.4 is 15.4 Å². The van der Waals surface area contributed by atoms with E-state index in [0.29, 0.717) is 32.9 Å². The van der Waals surface area contributed by atoms with Gasteiger partial charge in [0.2, 0.25) is 0 Å². The highest BCUT2D eigenvalue weighted by molar-refractivity contribution is 5.97. The van der Waals surface area contributed by atoms with E-state index in [1.54, 1.807) is 0 Å². The van der Waals surface area contributed by atoms with Gasteiger partial charge in [-0.3, -0.25) is 4.79 Å². The van der Waals surface area contributed by atoms with E-state index in [2.05, 4.69) is 16.7 Å². The zero-order chi connectivity index (χ0) is 28.1. The Morgan fingerprint density at radius 1 is 0.950 bits per heavy atom. The molecule has 9 heteroatoms. The highest BCUT2D eigenvalue weighted by atomic mass is 16.6. The minimum absolute atomic E-state index is 0.0149. The van der Waals surface area contributed by atoms with Crippen molar-refractivity contribution in [2.24, 2.45) is 0 Å². The van der Waals surface area contributed by atoms with E-state index in [0.717, 1.165) is 65.1 Å². The summed E-state index contributed by atoms with van der Waals surface area (Å²) in [6.45, 7) is 7.58. The third kappa shape index (κ3) is 6.42. The fourth-order valence-corrected chi connectivity index (χ4v) is 5.15. The first-order chi connectivity index (χ1) is 19.3. The van der Waals surface area contributed by atoms with Crippen LogP contribution in [0.1, 0.15) is 54.2 Å². The minimum Gasteiger partial charge on any atom is -0.490 e. The molecule has 1 aliphatic heterocycles. The molecule has 0 saturated carbocycles. The van der Waals surface area contributed by atoms with E-state index in [1.807, 2.05) is 57.2 Å². The van der Waals surface area contributed by atoms with Crippen LogP contribution in [-0.2, 0) is 28.7 Å². The van der Waals surface area contributed by atoms with Gasteiger partial charge in [-0.05, 0) is 87.4 Å². The smallest absolute Gasteiger partial charge is 0.407 e. The zero-order valence-electron chi connectivity index (χ0n) is 23.3. The van der Waals surface area contributed by atoms with Crippen LogP contribution in [0.3, 0.4) is 0 Å². The Morgan fingerprint density at radius 2 is 1.73 bits per heavy atom. The molecule has 3 aromatic rings. The summed E-state index contributed by atoms with van der Waals surface area (Å²) in [4.78, 5) is 23.9. The summed E-state index contributed by atoms with van der Waals surface area (Å²) in [5.74, 6) is 0.716. The Labute approximate surface area is 234 Å². The lowest BCUT2D eigenvalue weighted by Gasteiger charge is -2.19. The summed E-state index contributed by atoms with van der Waals surface area (Å²) in [7, 11) is 0. The Morgan fingerprint density at radius 3 is 2.55 bits per heavy atom. The largest absolute Gasteiger partial charge is 0.490 e. The number of nitrogens with one attached hydrogen (secondary N) is 2. The van der Waals surface area contributed by atoms with Crippen LogP contribution in [0.5, 0.6) is 5.75 Å². The van der Waals surface area contributed by atoms with Gasteiger partial charge in [0.25, 0.3) is 5.91 Å². The van der Waals surface area contributed by atoms with Gasteiger partial charge >= 0.3 is 6.09 Å². The summed E-state index contributed by atoms with van der Waals surface area (Å²) in [5.41, 5.74) is 7.37. The second-order valence-corrected chi connectivity index (χ2v) is 11.0. The fourth-order valence-electron chi connectivity index (χ4n) is 5.15. The summed E-state index contributed by atoms with van der Waals surface area (Å²) in [6, 6.07) is 13.8. The lowest BCUT2D eigenvalue weighted by atomic mass is 9.94. The molecule has 2 aromatic carbocycles. The number of alkyl carbamates (subject to hydrolysis) is 1. The molecule has 1 aliphatic carbocycles. The maximum Gasteiger partial charge on any atom is 0.407 e. The first-order valence-corrected chi connectivity index (χ1v) is 13.9. The van der Waals surface area contributed by atoms with E-state index in [9.17, 15) is 9.59 Å². The molecule has 9 nitrogen and oxygen atoms in total. The van der Waals surface area contributed by atoms with Crippen molar-refractivity contribution in [1.29, 1.82) is 0 Å². The molecule has 0 saturated heterocycles. The molecule has 2 N–H and O–H groups in total. The number of carbonyl (C=O) groups is 2. The monoisotopic (exact) mass is 544 g/mol. The quantitative estimate of drug-likeness (QED) is 0.382. The Balaban J connectivity index is 1.24. The Kier molecular flexibility index (Phi) is 8.30. The first-order valence-electron chi connectivity index (χ1n) is 13.9. The number of benzene rings is 2. The molecule has 40 heavy (non-hydrogen) atoms. The maximum atomic E-state index is 12.2. The van der Waals surface area contributed by atoms with Crippen LogP contribution in [0.25, 0.3) is 22.5 Å². The molecule has 0 bridgehead atoms. The van der Waals surface area contributed by atoms with Crippen molar-refractivity contribution < 1.29 is 23.8 Å². The number of amides is 2. The van der Waals surface area contributed by atoms with Crippen molar-refractivity contribution in [3.05, 3.63) is 64.7 Å². The number of aromatic nitrogens is 2. The second kappa shape index (κ2) is 12.0. The van der Waals surface area contributed by atoms with Crippen molar-refractivity contribution in [2.75, 3.05) is 32.9 Å². The zero-order valence-corrected chi connectivity index (χ0v) is 23.3. The number of nitrogens with zero attached hydrogens (tertiary/aromatic N) is 2. The third-order valence-electron chi connectivity index (χ3n) is 6.88. The predicted molar refractivity (Wildman–Crippen MR) is 152 cm³/mol. The summed E-state index contributed by atoms with van der Waals surface area (Å²) < 4.78 is 16.9. The summed E-state index contributed by atoms with van der Waals surface area (Å²) in [6.07, 6.45) is 3.28. The average Bonchev–Trinajstić information content (AvgIpc) is 3.41. The highest BCUT2D eigenvalue weighted by Gasteiger charge is 2.25. The topological polar surface area (TPSA) is 112 Å². The molecule has 0 unspecified atom stereocenters. The van der Waals surface area contributed by atoms with E-state index in [1.165, 1.54) is 11.1 Å². The standard InChI is InChI=1S/C31H36N4O5/c1-31(2,3)40-30(37)33-15-16-38-17-18-39-26-10-5-4-7-25(26)28-24-9-6-8-23(24)27(34-35-28)21-11-12-22-20(19-21)13-14-32-29(22)36/h4-5,7,10-12,19H,6,8-9,13-18H2,1-3H3,(H,32,36)(H,33,37). The maximum absolute atomic E-state index is 12.2. The van der Waals surface area contributed by atoms with Gasteiger partial charge in [-0.1, -0.05) is 18.2 Å². The van der Waals surface area contributed by atoms with Crippen molar-refractivity contribution in [2.45, 2.75) is 52.1 Å². The van der Waals surface area contributed by atoms with Crippen LogP contribution in [0.4, 0.5) is 4.79 Å². The van der Waals surface area contributed by atoms with Gasteiger partial charge in [-0.25, -0.2) is 4.79 Å². The molecule has 2 amide bonds. The van der Waals surface area contributed by atoms with Gasteiger partial charge in [0, 0.05) is 29.8 Å². The SMILES string of the molecule is CC(C)(C)OC(=O)NCCOCCOc1ccccc1-c1nnc(-c2ccc3c(c2)CCNC3=O)c2c1CCC2. The van der Waals surface area contributed by atoms with Crippen molar-refractivity contribution in [1.82, 2.24) is 20.8 Å². The van der Waals surface area contributed by atoms with Crippen molar-refractivity contribution in [3.63, 3.8) is 0 Å². The van der Waals surface area contributed by atoms with Gasteiger partial charge in [0.05, 0.1) is 18.9 Å². The van der Waals surface area contributed by atoms with Crippen LogP contribution in [0.2, 0.25) is 0 Å². The number of para-hydroxylation sites is 1. The number of ether oxygens (including phenoxy) is 3. The van der Waals surface area contributed by atoms with Crippen LogP contribution in [-0.4, -0.2) is 60.7 Å². The minimum atomic E-state index is -0.530. The van der Waals surface area contributed by atoms with Gasteiger partial charge in [-0.2, -0.15) is 0 Å². The first kappa shape index (κ1) is 27.6. The molecule has 1 aromatic heterocycles. The van der Waals surface area contributed by atoms with Crippen LogP contribution in [0, 0.1) is 0 Å². The van der Waals surface area contributed by atoms with Gasteiger partial charge in [0.15, 0.2) is 0 Å². The van der Waals surface area contributed by atoms with E-state index in [4.69, 9.17) is 24.4 Å². The lowest BCUT2D eigenvalue weighted by molar-refractivity contribution is 0.0488. The number of fused-ring (bicyclic) bond motifs is 2. The Hall–Kier alpha value is -3.98. The molecular formula is C31H36N4O5. The average molecular weight is 545 g/mol. The van der Waals surface area contributed by atoms with Gasteiger partial charge in [-0.15, -0.1) is 10.2 Å². The van der Waals surface area contributed by atoms with E-state index >= 15 is 0 Å². The molecule has 2 aliphatic rings. The van der Waals surface area contributed by atoms with Gasteiger partial charge < -0.3 is 24.8 Å². The Bertz CT molecular complexity index is 1400.